The fourth-order valence-electron chi connectivity index (χ4n) is 12.6. The Labute approximate surface area is 507 Å². The molecule has 0 aliphatic heterocycles. The predicted molar refractivity (Wildman–Crippen MR) is 358 cm³/mol. The number of nitriles is 1. The fraction of sp³-hybridized carbons (Fsp3) is 0. The summed E-state index contributed by atoms with van der Waals surface area (Å²) in [6, 6.07) is 95.8. The van der Waals surface area contributed by atoms with Crippen LogP contribution in [0, 0.1) is 11.3 Å². The van der Waals surface area contributed by atoms with E-state index in [1.165, 1.54) is 0 Å². The van der Waals surface area contributed by atoms with Crippen LogP contribution in [0.4, 0.5) is 0 Å². The first-order chi connectivity index (χ1) is 43.6. The second kappa shape index (κ2) is 21.8. The van der Waals surface area contributed by atoms with E-state index in [1.807, 2.05) is 128 Å². The van der Waals surface area contributed by atoms with Crippen LogP contribution in [0.1, 0.15) is 5.56 Å². The van der Waals surface area contributed by atoms with E-state index in [2.05, 4.69) is 191 Å². The highest BCUT2D eigenvalue weighted by Crippen LogP contribution is 2.45. The second-order valence-corrected chi connectivity index (χ2v) is 22.0. The number of benzene rings is 9. The Morgan fingerprint density at radius 3 is 0.864 bits per heavy atom. The third-order valence-corrected chi connectivity index (χ3v) is 16.9. The zero-order valence-electron chi connectivity index (χ0n) is 47.4. The van der Waals surface area contributed by atoms with E-state index in [4.69, 9.17) is 24.9 Å². The van der Waals surface area contributed by atoms with Gasteiger partial charge in [0.2, 0.25) is 0 Å². The van der Waals surface area contributed by atoms with E-state index < -0.39 is 0 Å². The van der Waals surface area contributed by atoms with Crippen molar-refractivity contribution in [1.29, 1.82) is 5.26 Å². The van der Waals surface area contributed by atoms with E-state index in [0.717, 1.165) is 156 Å². The molecule has 0 spiro atoms. The molecule has 0 radical (unpaired) electrons. The minimum atomic E-state index is 0.544. The molecule has 16 aromatic rings. The van der Waals surface area contributed by atoms with Gasteiger partial charge in [-0.05, 0) is 135 Å². The molecule has 0 atom stereocenters. The minimum Gasteiger partial charge on any atom is -0.307 e. The fourth-order valence-corrected chi connectivity index (χ4v) is 12.6. The smallest absolute Gasteiger partial charge is 0.0991 e. The molecule has 410 valence electrons. The molecule has 88 heavy (non-hydrogen) atoms. The third-order valence-electron chi connectivity index (χ3n) is 16.9. The molecule has 7 heterocycles. The van der Waals surface area contributed by atoms with E-state index >= 15 is 0 Å². The highest BCUT2D eigenvalue weighted by molar-refractivity contribution is 6.14. The zero-order chi connectivity index (χ0) is 58.5. The summed E-state index contributed by atoms with van der Waals surface area (Å²) < 4.78 is 4.77. The maximum Gasteiger partial charge on any atom is 0.0991 e. The molecule has 0 fully saturated rings. The van der Waals surface area contributed by atoms with Crippen molar-refractivity contribution >= 4 is 43.6 Å². The molecule has 0 saturated heterocycles. The molecule has 8 nitrogen and oxygen atoms in total. The van der Waals surface area contributed by atoms with Gasteiger partial charge in [0.15, 0.2) is 0 Å². The summed E-state index contributed by atoms with van der Waals surface area (Å²) in [5.74, 6) is 0. The molecule has 0 aliphatic rings. The second-order valence-electron chi connectivity index (χ2n) is 22.0. The van der Waals surface area contributed by atoms with Gasteiger partial charge in [-0.3, -0.25) is 24.9 Å². The van der Waals surface area contributed by atoms with Crippen LogP contribution in [0.25, 0.3) is 156 Å². The highest BCUT2D eigenvalue weighted by Gasteiger charge is 2.25. The normalized spacial score (nSPS) is 11.4. The van der Waals surface area contributed by atoms with Gasteiger partial charge in [0, 0.05) is 74.1 Å². The highest BCUT2D eigenvalue weighted by atomic mass is 15.0. The molecule has 8 heteroatoms. The van der Waals surface area contributed by atoms with Crippen molar-refractivity contribution in [2.75, 3.05) is 0 Å². The van der Waals surface area contributed by atoms with Gasteiger partial charge in [-0.2, -0.15) is 5.26 Å². The SMILES string of the molecule is N#Cc1cccc(-c2c(-n3c4cc(-c5ccnc(-c6ccccc6)c5)ccc4c4ccc(-c5ccnc(-c6ccccc6)c5)cc43)cncc2-n2c3cc(-c4ccnc(-c5ccccc5)c4)ccc3c3ccc(-c4ccnc(-c5ccccc5)c4)cc32)c1. The lowest BCUT2D eigenvalue weighted by molar-refractivity contribution is 1.09. The number of nitrogens with zero attached hydrogens (tertiary/aromatic N) is 8. The Balaban J connectivity index is 0.984. The summed E-state index contributed by atoms with van der Waals surface area (Å²) in [6.07, 6.45) is 11.6. The van der Waals surface area contributed by atoms with Crippen molar-refractivity contribution in [1.82, 2.24) is 34.1 Å². The zero-order valence-corrected chi connectivity index (χ0v) is 47.4. The van der Waals surface area contributed by atoms with Crippen LogP contribution in [-0.2, 0) is 0 Å². The number of pyridine rings is 5. The predicted octanol–water partition coefficient (Wildman–Crippen LogP) is 19.7. The first-order valence-electron chi connectivity index (χ1n) is 29.3. The Hall–Kier alpha value is -12.2. The lowest BCUT2D eigenvalue weighted by Crippen LogP contribution is -2.05. The number of hydrogen-bond acceptors (Lipinski definition) is 6. The maximum absolute atomic E-state index is 10.7. The van der Waals surface area contributed by atoms with E-state index in [1.54, 1.807) is 0 Å². The van der Waals surface area contributed by atoms with Crippen LogP contribution in [0.2, 0.25) is 0 Å². The first-order valence-corrected chi connectivity index (χ1v) is 29.3. The first kappa shape index (κ1) is 51.5. The van der Waals surface area contributed by atoms with Gasteiger partial charge in [-0.1, -0.05) is 182 Å². The average Bonchev–Trinajstić information content (AvgIpc) is 1.62. The number of fused-ring (bicyclic) bond motifs is 6. The molecule has 7 aromatic heterocycles. The van der Waals surface area contributed by atoms with Crippen molar-refractivity contribution in [3.63, 3.8) is 0 Å². The van der Waals surface area contributed by atoms with Crippen molar-refractivity contribution in [3.8, 4) is 118 Å². The van der Waals surface area contributed by atoms with Crippen LogP contribution in [0.3, 0.4) is 0 Å². The molecule has 0 unspecified atom stereocenters. The average molecular weight is 1120 g/mol. The van der Waals surface area contributed by atoms with E-state index in [0.29, 0.717) is 5.56 Å². The molecular weight excluding hydrogens is 1070 g/mol. The topological polar surface area (TPSA) is 98.1 Å². The Morgan fingerprint density at radius 1 is 0.261 bits per heavy atom. The van der Waals surface area contributed by atoms with Gasteiger partial charge in [0.25, 0.3) is 0 Å². The van der Waals surface area contributed by atoms with E-state index in [9.17, 15) is 5.26 Å². The molecule has 0 bridgehead atoms. The summed E-state index contributed by atoms with van der Waals surface area (Å²) >= 11 is 0. The summed E-state index contributed by atoms with van der Waals surface area (Å²) in [7, 11) is 0. The Kier molecular flexibility index (Phi) is 12.7. The molecule has 0 aliphatic carbocycles. The summed E-state index contributed by atoms with van der Waals surface area (Å²) in [4.78, 5) is 24.6. The quantitative estimate of drug-likeness (QED) is 0.128. The molecule has 9 aromatic carbocycles. The number of aromatic nitrogens is 7. The van der Waals surface area contributed by atoms with Gasteiger partial charge in [0.05, 0.1) is 80.2 Å². The summed E-state index contributed by atoms with van der Waals surface area (Å²) in [5, 5.41) is 15.0. The van der Waals surface area contributed by atoms with Gasteiger partial charge >= 0.3 is 0 Å². The van der Waals surface area contributed by atoms with Gasteiger partial charge in [-0.25, -0.2) is 0 Å². The lowest BCUT2D eigenvalue weighted by atomic mass is 9.99. The number of hydrogen-bond donors (Lipinski definition) is 0. The molecule has 0 amide bonds. The number of rotatable bonds is 11. The molecule has 0 N–H and O–H groups in total. The molecule has 0 saturated carbocycles. The molecule has 16 rings (SSSR count). The van der Waals surface area contributed by atoms with Gasteiger partial charge in [0.1, 0.15) is 0 Å². The monoisotopic (exact) mass is 1120 g/mol. The van der Waals surface area contributed by atoms with Gasteiger partial charge in [-0.15, -0.1) is 0 Å². The van der Waals surface area contributed by atoms with Crippen LogP contribution in [0.15, 0.2) is 304 Å². The summed E-state index contributed by atoms with van der Waals surface area (Å²) in [6.45, 7) is 0. The van der Waals surface area contributed by atoms with Crippen LogP contribution in [0.5, 0.6) is 0 Å². The largest absolute Gasteiger partial charge is 0.307 e. The maximum atomic E-state index is 10.7. The minimum absolute atomic E-state index is 0.544. The van der Waals surface area contributed by atoms with Crippen molar-refractivity contribution in [2.45, 2.75) is 0 Å². The Morgan fingerprint density at radius 2 is 0.557 bits per heavy atom. The van der Waals surface area contributed by atoms with Crippen LogP contribution in [-0.4, -0.2) is 34.1 Å². The van der Waals surface area contributed by atoms with Crippen molar-refractivity contribution in [2.24, 2.45) is 0 Å². The van der Waals surface area contributed by atoms with Crippen LogP contribution < -0.4 is 0 Å². The summed E-state index contributed by atoms with van der Waals surface area (Å²) in [5.41, 5.74) is 24.0. The Bertz CT molecular complexity index is 4810. The lowest BCUT2D eigenvalue weighted by Gasteiger charge is -2.20. The van der Waals surface area contributed by atoms with Gasteiger partial charge < -0.3 is 9.13 Å². The standard InChI is InChI=1S/C80H50N8/c81-49-52-14-13-23-65(40-52)80-78(87-74-45-57(61-32-36-83-70(41-61)53-15-5-1-6-16-53)24-28-66(74)67-29-25-58(46-75(67)87)62-33-37-84-71(42-62)54-17-7-2-8-18-54)50-82-51-79(80)88-76-47-59(63-34-38-85-72(43-63)55-19-9-3-10-20-55)26-30-68(76)69-31-27-60(48-77(69)88)64-35-39-86-73(44-64)56-21-11-4-12-22-56/h1-48,50-51H. The third kappa shape index (κ3) is 9.24. The van der Waals surface area contributed by atoms with Crippen molar-refractivity contribution < 1.29 is 0 Å². The van der Waals surface area contributed by atoms with E-state index in [-0.39, 0.29) is 0 Å². The van der Waals surface area contributed by atoms with Crippen LogP contribution >= 0.6 is 0 Å². The molecular formula is C80H50N8. The van der Waals surface area contributed by atoms with Crippen molar-refractivity contribution in [3.05, 3.63) is 310 Å².